The van der Waals surface area contributed by atoms with Gasteiger partial charge in [-0.25, -0.2) is 0 Å². The predicted molar refractivity (Wildman–Crippen MR) is 123 cm³/mol. The normalized spacial score (nSPS) is 15.6. The van der Waals surface area contributed by atoms with Crippen LogP contribution < -0.4 is 5.32 Å². The Morgan fingerprint density at radius 1 is 1.03 bits per heavy atom. The smallest absolute Gasteiger partial charge is 0.244 e. The third-order valence-corrected chi connectivity index (χ3v) is 6.08. The molecule has 0 aliphatic carbocycles. The van der Waals surface area contributed by atoms with E-state index in [0.29, 0.717) is 41.5 Å². The number of rotatable bonds is 6. The van der Waals surface area contributed by atoms with E-state index >= 15 is 0 Å². The first-order valence-corrected chi connectivity index (χ1v) is 10.9. The zero-order valence-corrected chi connectivity index (χ0v) is 18.7. The van der Waals surface area contributed by atoms with Crippen molar-refractivity contribution in [3.63, 3.8) is 0 Å². The number of Topliss-reactive ketones (excluding diaryl/α,β-unsaturated/α-hetero) is 1. The highest BCUT2D eigenvalue weighted by molar-refractivity contribution is 6.42. The summed E-state index contributed by atoms with van der Waals surface area (Å²) in [5.74, 6) is -0.630. The largest absolute Gasteiger partial charge is 0.341 e. The maximum atomic E-state index is 12.7. The molecule has 2 aromatic carbocycles. The van der Waals surface area contributed by atoms with Crippen LogP contribution in [0.5, 0.6) is 0 Å². The number of likely N-dealkylation sites (tertiary alicyclic amines) is 1. The fourth-order valence-corrected chi connectivity index (χ4v) is 3.88. The molecule has 2 amide bonds. The van der Waals surface area contributed by atoms with Gasteiger partial charge in [-0.2, -0.15) is 0 Å². The molecule has 1 aliphatic heterocycles. The van der Waals surface area contributed by atoms with E-state index in [9.17, 15) is 14.4 Å². The summed E-state index contributed by atoms with van der Waals surface area (Å²) < 4.78 is 0. The quantitative estimate of drug-likeness (QED) is 0.506. The van der Waals surface area contributed by atoms with Crippen LogP contribution in [0, 0.1) is 5.92 Å². The summed E-state index contributed by atoms with van der Waals surface area (Å²) in [6, 6.07) is 13.7. The third kappa shape index (κ3) is 6.18. The van der Waals surface area contributed by atoms with Gasteiger partial charge in [0.25, 0.3) is 0 Å². The number of halogens is 2. The lowest BCUT2D eigenvalue weighted by Gasteiger charge is -2.33. The van der Waals surface area contributed by atoms with Crippen LogP contribution in [0.25, 0.3) is 6.08 Å². The molecule has 3 rings (SSSR count). The van der Waals surface area contributed by atoms with Crippen molar-refractivity contribution in [3.8, 4) is 0 Å². The lowest BCUT2D eigenvalue weighted by atomic mass is 9.88. The van der Waals surface area contributed by atoms with Crippen molar-refractivity contribution in [3.05, 3.63) is 75.8 Å². The van der Waals surface area contributed by atoms with Crippen LogP contribution in [0.1, 0.15) is 35.7 Å². The van der Waals surface area contributed by atoms with Gasteiger partial charge in [0.05, 0.1) is 10.0 Å². The van der Waals surface area contributed by atoms with Crippen LogP contribution in [0.4, 0.5) is 0 Å². The van der Waals surface area contributed by atoms with Crippen molar-refractivity contribution in [1.29, 1.82) is 0 Å². The molecule has 1 heterocycles. The first-order chi connectivity index (χ1) is 14.8. The Balaban J connectivity index is 1.49. The van der Waals surface area contributed by atoms with Crippen molar-refractivity contribution in [2.45, 2.75) is 25.8 Å². The second-order valence-electron chi connectivity index (χ2n) is 7.57. The number of carbonyl (C=O) groups is 3. The van der Waals surface area contributed by atoms with Gasteiger partial charge < -0.3 is 10.2 Å². The average molecular weight is 459 g/mol. The number of piperidine rings is 1. The van der Waals surface area contributed by atoms with Crippen molar-refractivity contribution >= 4 is 46.9 Å². The summed E-state index contributed by atoms with van der Waals surface area (Å²) in [6.45, 7) is 2.61. The number of ketones is 1. The Morgan fingerprint density at radius 2 is 1.71 bits per heavy atom. The maximum absolute atomic E-state index is 12.7. The van der Waals surface area contributed by atoms with Crippen molar-refractivity contribution in [1.82, 2.24) is 10.2 Å². The van der Waals surface area contributed by atoms with Crippen LogP contribution in [0.15, 0.2) is 54.6 Å². The Morgan fingerprint density at radius 3 is 2.35 bits per heavy atom. The van der Waals surface area contributed by atoms with Crippen molar-refractivity contribution < 1.29 is 14.4 Å². The monoisotopic (exact) mass is 458 g/mol. The van der Waals surface area contributed by atoms with E-state index in [-0.39, 0.29) is 23.5 Å². The van der Waals surface area contributed by atoms with Gasteiger partial charge in [-0.1, -0.05) is 53.5 Å². The van der Waals surface area contributed by atoms with Gasteiger partial charge in [0.15, 0.2) is 5.78 Å². The zero-order chi connectivity index (χ0) is 22.4. The first-order valence-electron chi connectivity index (χ1n) is 10.2. The average Bonchev–Trinajstić information content (AvgIpc) is 2.79. The summed E-state index contributed by atoms with van der Waals surface area (Å²) in [7, 11) is 0. The number of carbonyl (C=O) groups excluding carboxylic acids is 3. The van der Waals surface area contributed by atoms with E-state index in [2.05, 4.69) is 5.32 Å². The first kappa shape index (κ1) is 23.0. The molecule has 1 aliphatic rings. The molecule has 0 spiro atoms. The van der Waals surface area contributed by atoms with Gasteiger partial charge in [-0.05, 0) is 49.6 Å². The molecule has 0 bridgehead atoms. The molecule has 1 fully saturated rings. The molecule has 1 unspecified atom stereocenters. The lowest BCUT2D eigenvalue weighted by molar-refractivity contribution is -0.136. The van der Waals surface area contributed by atoms with Crippen LogP contribution in [0.3, 0.4) is 0 Å². The second-order valence-corrected chi connectivity index (χ2v) is 8.38. The summed E-state index contributed by atoms with van der Waals surface area (Å²) >= 11 is 11.9. The molecule has 31 heavy (non-hydrogen) atoms. The molecule has 0 radical (unpaired) electrons. The number of hydrogen-bond donors (Lipinski definition) is 1. The zero-order valence-electron chi connectivity index (χ0n) is 17.2. The minimum Gasteiger partial charge on any atom is -0.341 e. The minimum atomic E-state index is -0.643. The number of amides is 2. The van der Waals surface area contributed by atoms with Gasteiger partial charge in [0.2, 0.25) is 11.8 Å². The van der Waals surface area contributed by atoms with Crippen LogP contribution in [-0.2, 0) is 9.59 Å². The topological polar surface area (TPSA) is 66.5 Å². The lowest BCUT2D eigenvalue weighted by Crippen LogP contribution is -2.49. The highest BCUT2D eigenvalue weighted by Gasteiger charge is 2.30. The van der Waals surface area contributed by atoms with E-state index in [4.69, 9.17) is 23.2 Å². The van der Waals surface area contributed by atoms with Crippen LogP contribution in [-0.4, -0.2) is 41.6 Å². The van der Waals surface area contributed by atoms with E-state index < -0.39 is 6.04 Å². The Bertz CT molecular complexity index is 984. The van der Waals surface area contributed by atoms with Crippen molar-refractivity contribution in [2.75, 3.05) is 13.1 Å². The molecule has 1 atom stereocenters. The van der Waals surface area contributed by atoms with Gasteiger partial charge in [0.1, 0.15) is 6.04 Å². The molecule has 7 heteroatoms. The summed E-state index contributed by atoms with van der Waals surface area (Å²) in [5.41, 5.74) is 1.44. The Kier molecular flexibility index (Phi) is 7.88. The molecule has 1 saturated heterocycles. The second kappa shape index (κ2) is 10.6. The number of hydrogen-bond acceptors (Lipinski definition) is 3. The molecule has 0 aromatic heterocycles. The molecular weight excluding hydrogens is 435 g/mol. The Labute approximate surface area is 192 Å². The maximum Gasteiger partial charge on any atom is 0.244 e. The molecular formula is C24H24Cl2N2O3. The minimum absolute atomic E-state index is 0.0121. The highest BCUT2D eigenvalue weighted by atomic mass is 35.5. The molecule has 1 N–H and O–H groups in total. The number of benzene rings is 2. The summed E-state index contributed by atoms with van der Waals surface area (Å²) in [5, 5.41) is 3.47. The molecule has 0 saturated carbocycles. The predicted octanol–water partition coefficient (Wildman–Crippen LogP) is 4.63. The summed E-state index contributed by atoms with van der Waals surface area (Å²) in [4.78, 5) is 39.3. The molecule has 162 valence electrons. The van der Waals surface area contributed by atoms with Crippen LogP contribution in [0.2, 0.25) is 10.0 Å². The Hall–Kier alpha value is -2.63. The van der Waals surface area contributed by atoms with Crippen molar-refractivity contribution in [2.24, 2.45) is 5.92 Å². The van der Waals surface area contributed by atoms with Crippen LogP contribution >= 0.6 is 23.2 Å². The van der Waals surface area contributed by atoms with Gasteiger partial charge in [-0.15, -0.1) is 0 Å². The van der Waals surface area contributed by atoms with Gasteiger partial charge in [-0.3, -0.25) is 14.4 Å². The van der Waals surface area contributed by atoms with E-state index in [1.54, 1.807) is 36.1 Å². The fraction of sp³-hybridized carbons (Fsp3) is 0.292. The van der Waals surface area contributed by atoms with Gasteiger partial charge >= 0.3 is 0 Å². The highest BCUT2D eigenvalue weighted by Crippen LogP contribution is 2.27. The molecule has 5 nitrogen and oxygen atoms in total. The number of nitrogens with zero attached hydrogens (tertiary/aromatic N) is 1. The fourth-order valence-electron chi connectivity index (χ4n) is 3.58. The third-order valence-electron chi connectivity index (χ3n) is 5.34. The van der Waals surface area contributed by atoms with E-state index in [0.717, 1.165) is 5.56 Å². The number of nitrogens with one attached hydrogen (secondary N) is 1. The van der Waals surface area contributed by atoms with E-state index in [1.165, 1.54) is 6.08 Å². The SMILES string of the molecule is CC(NC(=O)/C=C/c1ccccc1)C(=O)N1CCC(C(=O)c2ccc(Cl)c(Cl)c2)CC1. The standard InChI is InChI=1S/C24H24Cl2N2O3/c1-16(27-22(29)10-7-17-5-3-2-4-6-17)24(31)28-13-11-18(12-14-28)23(30)19-8-9-20(25)21(26)15-19/h2-10,15-16,18H,11-14H2,1H3,(H,27,29)/b10-7+. The van der Waals surface area contributed by atoms with E-state index in [1.807, 2.05) is 30.3 Å². The summed E-state index contributed by atoms with van der Waals surface area (Å²) in [6.07, 6.45) is 4.26. The molecule has 2 aromatic rings. The van der Waals surface area contributed by atoms with Gasteiger partial charge in [0, 0.05) is 30.6 Å².